The van der Waals surface area contributed by atoms with Crippen LogP contribution < -0.4 is 14.8 Å². The standard InChI is InChI=1S/C17H18F3N3O2/c1-24-15-14(17(18,19)20)10-21-16(23-15)22-11-6-8-13(9-7-11)25-12-4-2-3-5-12/h6-10,12H,2-5H2,1H3,(H,21,22,23). The number of halogens is 3. The van der Waals surface area contributed by atoms with E-state index in [2.05, 4.69) is 15.3 Å². The molecule has 8 heteroatoms. The van der Waals surface area contributed by atoms with E-state index in [1.54, 1.807) is 12.1 Å². The Kier molecular flexibility index (Phi) is 4.96. The van der Waals surface area contributed by atoms with Crippen molar-refractivity contribution in [2.75, 3.05) is 12.4 Å². The Hall–Kier alpha value is -2.51. The summed E-state index contributed by atoms with van der Waals surface area (Å²) in [6.45, 7) is 0. The van der Waals surface area contributed by atoms with Gasteiger partial charge in [0.05, 0.1) is 13.2 Å². The summed E-state index contributed by atoms with van der Waals surface area (Å²) >= 11 is 0. The highest BCUT2D eigenvalue weighted by atomic mass is 19.4. The molecule has 1 fully saturated rings. The average molecular weight is 353 g/mol. The van der Waals surface area contributed by atoms with E-state index in [1.807, 2.05) is 12.1 Å². The van der Waals surface area contributed by atoms with Crippen LogP contribution in [0.5, 0.6) is 11.6 Å². The van der Waals surface area contributed by atoms with Crippen LogP contribution in [-0.2, 0) is 6.18 Å². The molecule has 0 atom stereocenters. The lowest BCUT2D eigenvalue weighted by Gasteiger charge is -2.14. The average Bonchev–Trinajstić information content (AvgIpc) is 3.08. The maximum Gasteiger partial charge on any atom is 0.423 e. The van der Waals surface area contributed by atoms with E-state index in [-0.39, 0.29) is 12.1 Å². The summed E-state index contributed by atoms with van der Waals surface area (Å²) in [7, 11) is 1.14. The largest absolute Gasteiger partial charge is 0.490 e. The number of methoxy groups -OCH3 is 1. The predicted octanol–water partition coefficient (Wildman–Crippen LogP) is 4.57. The first-order valence-electron chi connectivity index (χ1n) is 7.97. The maximum atomic E-state index is 12.8. The fourth-order valence-corrected chi connectivity index (χ4v) is 2.72. The second kappa shape index (κ2) is 7.16. The number of hydrogen-bond acceptors (Lipinski definition) is 5. The second-order valence-corrected chi connectivity index (χ2v) is 5.79. The highest BCUT2D eigenvalue weighted by Gasteiger charge is 2.36. The van der Waals surface area contributed by atoms with Crippen LogP contribution in [-0.4, -0.2) is 23.2 Å². The summed E-state index contributed by atoms with van der Waals surface area (Å²) in [5.41, 5.74) is -0.374. The molecule has 2 aromatic rings. The van der Waals surface area contributed by atoms with Crippen molar-refractivity contribution in [3.05, 3.63) is 36.0 Å². The lowest BCUT2D eigenvalue weighted by Crippen LogP contribution is -2.11. The zero-order chi connectivity index (χ0) is 17.9. The van der Waals surface area contributed by atoms with Gasteiger partial charge in [-0.05, 0) is 49.9 Å². The lowest BCUT2D eigenvalue weighted by molar-refractivity contribution is -0.139. The van der Waals surface area contributed by atoms with Gasteiger partial charge >= 0.3 is 6.18 Å². The first-order chi connectivity index (χ1) is 12.0. The molecule has 25 heavy (non-hydrogen) atoms. The summed E-state index contributed by atoms with van der Waals surface area (Å²) < 4.78 is 49.0. The molecule has 0 radical (unpaired) electrons. The Balaban J connectivity index is 1.69. The molecule has 134 valence electrons. The van der Waals surface area contributed by atoms with Gasteiger partial charge < -0.3 is 14.8 Å². The predicted molar refractivity (Wildman–Crippen MR) is 86.2 cm³/mol. The molecule has 0 bridgehead atoms. The number of hydrogen-bond donors (Lipinski definition) is 1. The van der Waals surface area contributed by atoms with E-state index in [0.29, 0.717) is 11.9 Å². The van der Waals surface area contributed by atoms with Crippen LogP contribution >= 0.6 is 0 Å². The first kappa shape index (κ1) is 17.3. The van der Waals surface area contributed by atoms with Gasteiger partial charge in [-0.15, -0.1) is 0 Å². The van der Waals surface area contributed by atoms with E-state index in [1.165, 1.54) is 12.8 Å². The maximum absolute atomic E-state index is 12.8. The molecule has 0 saturated heterocycles. The Morgan fingerprint density at radius 3 is 2.40 bits per heavy atom. The van der Waals surface area contributed by atoms with Gasteiger partial charge in [0.25, 0.3) is 0 Å². The fraction of sp³-hybridized carbons (Fsp3) is 0.412. The number of anilines is 2. The van der Waals surface area contributed by atoms with Gasteiger partial charge in [0.15, 0.2) is 0 Å². The van der Waals surface area contributed by atoms with E-state index in [0.717, 1.165) is 25.7 Å². The molecule has 0 aliphatic heterocycles. The Labute approximate surface area is 143 Å². The molecule has 1 N–H and O–H groups in total. The topological polar surface area (TPSA) is 56.3 Å². The number of nitrogens with one attached hydrogen (secondary N) is 1. The summed E-state index contributed by atoms with van der Waals surface area (Å²) in [6, 6.07) is 7.14. The molecule has 5 nitrogen and oxygen atoms in total. The van der Waals surface area contributed by atoms with Crippen LogP contribution in [0.4, 0.5) is 24.8 Å². The molecule has 3 rings (SSSR count). The van der Waals surface area contributed by atoms with Gasteiger partial charge in [0.2, 0.25) is 11.8 Å². The molecule has 1 aromatic carbocycles. The van der Waals surface area contributed by atoms with Gasteiger partial charge in [-0.25, -0.2) is 4.98 Å². The number of benzene rings is 1. The first-order valence-corrected chi connectivity index (χ1v) is 7.97. The third kappa shape index (κ3) is 4.32. The number of ether oxygens (including phenoxy) is 2. The summed E-state index contributed by atoms with van der Waals surface area (Å²) in [6.07, 6.45) is 0.920. The van der Waals surface area contributed by atoms with Gasteiger partial charge in [0, 0.05) is 11.9 Å². The minimum Gasteiger partial charge on any atom is -0.490 e. The minimum absolute atomic E-state index is 0.0225. The zero-order valence-electron chi connectivity index (χ0n) is 13.6. The van der Waals surface area contributed by atoms with Crippen LogP contribution in [0.3, 0.4) is 0 Å². The lowest BCUT2D eigenvalue weighted by atomic mass is 10.2. The number of alkyl halides is 3. The molecule has 1 heterocycles. The molecule has 1 saturated carbocycles. The monoisotopic (exact) mass is 353 g/mol. The Bertz CT molecular complexity index is 714. The van der Waals surface area contributed by atoms with Crippen molar-refractivity contribution in [3.63, 3.8) is 0 Å². The number of rotatable bonds is 5. The van der Waals surface area contributed by atoms with Crippen LogP contribution in [0.1, 0.15) is 31.2 Å². The van der Waals surface area contributed by atoms with Gasteiger partial charge in [-0.1, -0.05) is 0 Å². The molecule has 0 amide bonds. The third-order valence-corrected chi connectivity index (χ3v) is 3.97. The van der Waals surface area contributed by atoms with Crippen LogP contribution in [0.2, 0.25) is 0 Å². The van der Waals surface area contributed by atoms with Gasteiger partial charge in [-0.2, -0.15) is 18.2 Å². The van der Waals surface area contributed by atoms with Crippen LogP contribution in [0.15, 0.2) is 30.5 Å². The molecule has 1 aromatic heterocycles. The van der Waals surface area contributed by atoms with E-state index < -0.39 is 17.6 Å². The molecule has 1 aliphatic carbocycles. The van der Waals surface area contributed by atoms with Crippen molar-refractivity contribution >= 4 is 11.6 Å². The molecular weight excluding hydrogens is 335 g/mol. The second-order valence-electron chi connectivity index (χ2n) is 5.79. The number of nitrogens with zero attached hydrogens (tertiary/aromatic N) is 2. The molecule has 1 aliphatic rings. The van der Waals surface area contributed by atoms with Crippen molar-refractivity contribution < 1.29 is 22.6 Å². The molecular formula is C17H18F3N3O2. The quantitative estimate of drug-likeness (QED) is 0.853. The van der Waals surface area contributed by atoms with E-state index >= 15 is 0 Å². The fourth-order valence-electron chi connectivity index (χ4n) is 2.72. The summed E-state index contributed by atoms with van der Waals surface area (Å²) in [5.74, 6) is 0.267. The molecule has 0 spiro atoms. The van der Waals surface area contributed by atoms with Gasteiger partial charge in [-0.3, -0.25) is 0 Å². The van der Waals surface area contributed by atoms with Crippen LogP contribution in [0, 0.1) is 0 Å². The normalized spacial score (nSPS) is 15.2. The van der Waals surface area contributed by atoms with Crippen molar-refractivity contribution in [2.45, 2.75) is 38.0 Å². The summed E-state index contributed by atoms with van der Waals surface area (Å²) in [5, 5.41) is 2.85. The third-order valence-electron chi connectivity index (χ3n) is 3.97. The smallest absolute Gasteiger partial charge is 0.423 e. The van der Waals surface area contributed by atoms with Crippen molar-refractivity contribution in [3.8, 4) is 11.6 Å². The van der Waals surface area contributed by atoms with Crippen molar-refractivity contribution in [2.24, 2.45) is 0 Å². The Morgan fingerprint density at radius 1 is 1.12 bits per heavy atom. The highest BCUT2D eigenvalue weighted by Crippen LogP contribution is 2.35. The Morgan fingerprint density at radius 2 is 1.80 bits per heavy atom. The SMILES string of the molecule is COc1nc(Nc2ccc(OC3CCCC3)cc2)ncc1C(F)(F)F. The summed E-state index contributed by atoms with van der Waals surface area (Å²) in [4.78, 5) is 7.46. The highest BCUT2D eigenvalue weighted by molar-refractivity contribution is 5.55. The minimum atomic E-state index is -4.57. The van der Waals surface area contributed by atoms with E-state index in [9.17, 15) is 13.2 Å². The van der Waals surface area contributed by atoms with Gasteiger partial charge in [0.1, 0.15) is 11.3 Å². The zero-order valence-corrected chi connectivity index (χ0v) is 13.6. The van der Waals surface area contributed by atoms with E-state index in [4.69, 9.17) is 9.47 Å². The molecule has 0 unspecified atom stereocenters. The van der Waals surface area contributed by atoms with Crippen molar-refractivity contribution in [1.82, 2.24) is 9.97 Å². The number of aromatic nitrogens is 2. The van der Waals surface area contributed by atoms with Crippen molar-refractivity contribution in [1.29, 1.82) is 0 Å². The van der Waals surface area contributed by atoms with Crippen LogP contribution in [0.25, 0.3) is 0 Å².